The van der Waals surface area contributed by atoms with Crippen LogP contribution in [0, 0.1) is 5.92 Å². The number of hydrogen-bond acceptors (Lipinski definition) is 3. The number of aromatic nitrogens is 2. The summed E-state index contributed by atoms with van der Waals surface area (Å²) in [7, 11) is 0. The van der Waals surface area contributed by atoms with Gasteiger partial charge in [-0.15, -0.1) is 0 Å². The van der Waals surface area contributed by atoms with E-state index in [2.05, 4.69) is 10.4 Å². The van der Waals surface area contributed by atoms with Crippen LogP contribution in [0.25, 0.3) is 0 Å². The van der Waals surface area contributed by atoms with Gasteiger partial charge in [-0.25, -0.2) is 0 Å². The number of aliphatic hydroxyl groups is 1. The second-order valence-electron chi connectivity index (χ2n) is 6.21. The highest BCUT2D eigenvalue weighted by molar-refractivity contribution is 5.79. The number of rotatable bonds is 5. The summed E-state index contributed by atoms with van der Waals surface area (Å²) >= 11 is 0. The van der Waals surface area contributed by atoms with E-state index in [1.165, 1.54) is 0 Å². The topological polar surface area (TPSA) is 67.2 Å². The van der Waals surface area contributed by atoms with Crippen molar-refractivity contribution in [1.29, 1.82) is 0 Å². The molecule has 1 atom stereocenters. The third-order valence-corrected chi connectivity index (χ3v) is 4.51. The predicted octanol–water partition coefficient (Wildman–Crippen LogP) is 2.29. The zero-order chi connectivity index (χ0) is 16.1. The summed E-state index contributed by atoms with van der Waals surface area (Å²) in [5.74, 6) is 0.0835. The molecule has 122 valence electrons. The normalized spacial score (nSPS) is 22.5. The highest BCUT2D eigenvalue weighted by Gasteiger charge is 2.27. The van der Waals surface area contributed by atoms with Crippen LogP contribution in [0.15, 0.2) is 48.8 Å². The molecule has 1 fully saturated rings. The standard InChI is InChI=1S/C18H23N3O2/c22-16-9-7-15(8-10-16)18(23)20-17(13-21-12-4-11-19-21)14-5-2-1-3-6-14/h1-6,11-12,15-17,22H,7-10,13H2,(H,20,23)/t15?,16?,17-/m0/s1. The first-order valence-corrected chi connectivity index (χ1v) is 8.23. The van der Waals surface area contributed by atoms with Crippen molar-refractivity contribution in [2.24, 2.45) is 5.92 Å². The van der Waals surface area contributed by atoms with Crippen LogP contribution < -0.4 is 5.32 Å². The minimum atomic E-state index is -0.243. The molecule has 0 bridgehead atoms. The molecule has 2 aromatic rings. The van der Waals surface area contributed by atoms with E-state index in [0.29, 0.717) is 19.4 Å². The summed E-state index contributed by atoms with van der Waals surface area (Å²) in [5.41, 5.74) is 1.08. The minimum absolute atomic E-state index is 0.00207. The van der Waals surface area contributed by atoms with E-state index in [1.54, 1.807) is 6.20 Å². The smallest absolute Gasteiger partial charge is 0.223 e. The van der Waals surface area contributed by atoms with Gasteiger partial charge in [-0.2, -0.15) is 5.10 Å². The zero-order valence-electron chi connectivity index (χ0n) is 13.1. The fourth-order valence-electron chi connectivity index (χ4n) is 3.14. The van der Waals surface area contributed by atoms with Gasteiger partial charge < -0.3 is 10.4 Å². The first-order chi connectivity index (χ1) is 11.2. The molecule has 1 saturated carbocycles. The monoisotopic (exact) mass is 313 g/mol. The van der Waals surface area contributed by atoms with Crippen molar-refractivity contribution in [3.8, 4) is 0 Å². The van der Waals surface area contributed by atoms with Crippen molar-refractivity contribution in [3.63, 3.8) is 0 Å². The number of nitrogens with one attached hydrogen (secondary N) is 1. The number of hydrogen-bond donors (Lipinski definition) is 2. The van der Waals surface area contributed by atoms with E-state index >= 15 is 0 Å². The van der Waals surface area contributed by atoms with Crippen LogP contribution in [0.4, 0.5) is 0 Å². The highest BCUT2D eigenvalue weighted by Crippen LogP contribution is 2.25. The molecule has 0 saturated heterocycles. The van der Waals surface area contributed by atoms with Crippen LogP contribution in [0.2, 0.25) is 0 Å². The predicted molar refractivity (Wildman–Crippen MR) is 87.5 cm³/mol. The Balaban J connectivity index is 1.69. The van der Waals surface area contributed by atoms with Crippen molar-refractivity contribution in [2.75, 3.05) is 0 Å². The van der Waals surface area contributed by atoms with Gasteiger partial charge in [-0.3, -0.25) is 9.48 Å². The zero-order valence-corrected chi connectivity index (χ0v) is 13.1. The Kier molecular flexibility index (Phi) is 5.08. The summed E-state index contributed by atoms with van der Waals surface area (Å²) < 4.78 is 1.84. The Hall–Kier alpha value is -2.14. The van der Waals surface area contributed by atoms with Crippen LogP contribution in [0.1, 0.15) is 37.3 Å². The third-order valence-electron chi connectivity index (χ3n) is 4.51. The van der Waals surface area contributed by atoms with Gasteiger partial charge in [0, 0.05) is 18.3 Å². The van der Waals surface area contributed by atoms with Gasteiger partial charge in [-0.05, 0) is 37.3 Å². The van der Waals surface area contributed by atoms with Crippen molar-refractivity contribution in [2.45, 2.75) is 44.4 Å². The molecule has 5 heteroatoms. The Morgan fingerprint density at radius 1 is 1.22 bits per heavy atom. The molecule has 1 heterocycles. The molecule has 1 amide bonds. The lowest BCUT2D eigenvalue weighted by Gasteiger charge is -2.27. The largest absolute Gasteiger partial charge is 0.393 e. The van der Waals surface area contributed by atoms with E-state index in [-0.39, 0.29) is 24.0 Å². The number of carbonyl (C=O) groups is 1. The molecule has 0 aliphatic heterocycles. The Morgan fingerprint density at radius 2 is 1.96 bits per heavy atom. The van der Waals surface area contributed by atoms with Crippen LogP contribution in [0.5, 0.6) is 0 Å². The molecule has 2 N–H and O–H groups in total. The minimum Gasteiger partial charge on any atom is -0.393 e. The van der Waals surface area contributed by atoms with E-state index in [0.717, 1.165) is 18.4 Å². The second kappa shape index (κ2) is 7.42. The van der Waals surface area contributed by atoms with Gasteiger partial charge in [0.1, 0.15) is 0 Å². The van der Waals surface area contributed by atoms with E-state index in [9.17, 15) is 9.90 Å². The summed E-state index contributed by atoms with van der Waals surface area (Å²) in [5, 5.41) is 17.0. The van der Waals surface area contributed by atoms with E-state index in [4.69, 9.17) is 0 Å². The number of aliphatic hydroxyl groups excluding tert-OH is 1. The summed E-state index contributed by atoms with van der Waals surface area (Å²) in [6.45, 7) is 0.609. The second-order valence-corrected chi connectivity index (χ2v) is 6.21. The van der Waals surface area contributed by atoms with Gasteiger partial charge >= 0.3 is 0 Å². The molecule has 0 spiro atoms. The molecule has 5 nitrogen and oxygen atoms in total. The molecular weight excluding hydrogens is 290 g/mol. The van der Waals surface area contributed by atoms with Crippen molar-refractivity contribution in [3.05, 3.63) is 54.4 Å². The molecule has 23 heavy (non-hydrogen) atoms. The van der Waals surface area contributed by atoms with Crippen molar-refractivity contribution in [1.82, 2.24) is 15.1 Å². The average Bonchev–Trinajstić information content (AvgIpc) is 3.09. The number of benzene rings is 1. The number of amides is 1. The lowest BCUT2D eigenvalue weighted by molar-refractivity contribution is -0.127. The van der Waals surface area contributed by atoms with Crippen molar-refractivity contribution < 1.29 is 9.90 Å². The summed E-state index contributed by atoms with van der Waals surface area (Å²) in [6, 6.07) is 11.8. The lowest BCUT2D eigenvalue weighted by atomic mass is 9.86. The fraction of sp³-hybridized carbons (Fsp3) is 0.444. The quantitative estimate of drug-likeness (QED) is 0.890. The molecular formula is C18H23N3O2. The maximum atomic E-state index is 12.6. The van der Waals surface area contributed by atoms with Crippen molar-refractivity contribution >= 4 is 5.91 Å². The first kappa shape index (κ1) is 15.7. The fourth-order valence-corrected chi connectivity index (χ4v) is 3.14. The Labute approximate surface area is 136 Å². The average molecular weight is 313 g/mol. The van der Waals surface area contributed by atoms with E-state index in [1.807, 2.05) is 47.3 Å². The van der Waals surface area contributed by atoms with Gasteiger partial charge in [0.2, 0.25) is 5.91 Å². The Morgan fingerprint density at radius 3 is 2.61 bits per heavy atom. The summed E-state index contributed by atoms with van der Waals surface area (Å²) in [6.07, 6.45) is 6.35. The van der Waals surface area contributed by atoms with Crippen LogP contribution >= 0.6 is 0 Å². The first-order valence-electron chi connectivity index (χ1n) is 8.23. The SMILES string of the molecule is O=C(N[C@@H](Cn1cccn1)c1ccccc1)C1CCC(O)CC1. The molecule has 0 unspecified atom stereocenters. The lowest BCUT2D eigenvalue weighted by Crippen LogP contribution is -2.38. The Bertz CT molecular complexity index is 604. The molecule has 1 aromatic carbocycles. The molecule has 1 aliphatic carbocycles. The van der Waals surface area contributed by atoms with Gasteiger partial charge in [0.05, 0.1) is 18.7 Å². The van der Waals surface area contributed by atoms with E-state index < -0.39 is 0 Å². The van der Waals surface area contributed by atoms with Crippen LogP contribution in [-0.2, 0) is 11.3 Å². The van der Waals surface area contributed by atoms with Crippen LogP contribution in [0.3, 0.4) is 0 Å². The molecule has 1 aliphatic rings. The maximum absolute atomic E-state index is 12.6. The number of nitrogens with zero attached hydrogens (tertiary/aromatic N) is 2. The summed E-state index contributed by atoms with van der Waals surface area (Å²) in [4.78, 5) is 12.6. The third kappa shape index (κ3) is 4.20. The van der Waals surface area contributed by atoms with Gasteiger partial charge in [-0.1, -0.05) is 30.3 Å². The highest BCUT2D eigenvalue weighted by atomic mass is 16.3. The maximum Gasteiger partial charge on any atom is 0.223 e. The molecule has 3 rings (SSSR count). The van der Waals surface area contributed by atoms with Crippen LogP contribution in [-0.4, -0.2) is 26.9 Å². The molecule has 1 aromatic heterocycles. The number of carbonyl (C=O) groups excluding carboxylic acids is 1. The van der Waals surface area contributed by atoms with Gasteiger partial charge in [0.25, 0.3) is 0 Å². The van der Waals surface area contributed by atoms with Gasteiger partial charge in [0.15, 0.2) is 0 Å². The molecule has 0 radical (unpaired) electrons.